The van der Waals surface area contributed by atoms with Crippen LogP contribution in [0.4, 0.5) is 0 Å². The van der Waals surface area contributed by atoms with Gasteiger partial charge in [0, 0.05) is 5.56 Å². The fourth-order valence-electron chi connectivity index (χ4n) is 1.51. The number of carbonyl (C=O) groups excluding carboxylic acids is 2. The van der Waals surface area contributed by atoms with Crippen molar-refractivity contribution in [1.82, 2.24) is 0 Å². The van der Waals surface area contributed by atoms with Crippen LogP contribution in [0, 0.1) is 6.92 Å². The summed E-state index contributed by atoms with van der Waals surface area (Å²) < 4.78 is 4.67. The van der Waals surface area contributed by atoms with Gasteiger partial charge in [-0.2, -0.15) is 0 Å². The first kappa shape index (κ1) is 12.4. The predicted octanol–water partition coefficient (Wildman–Crippen LogP) is 2.30. The van der Waals surface area contributed by atoms with Crippen molar-refractivity contribution in [3.05, 3.63) is 34.9 Å². The first-order valence-electron chi connectivity index (χ1n) is 5.41. The molecule has 86 valence electrons. The highest BCUT2D eigenvalue weighted by atomic mass is 16.5. The van der Waals surface area contributed by atoms with E-state index in [0.717, 1.165) is 17.5 Å². The Morgan fingerprint density at radius 3 is 2.50 bits per heavy atom. The smallest absolute Gasteiger partial charge is 0.379 e. The molecule has 1 aromatic rings. The Labute approximate surface area is 95.4 Å². The molecule has 1 aromatic carbocycles. The van der Waals surface area contributed by atoms with Gasteiger partial charge in [-0.15, -0.1) is 0 Å². The van der Waals surface area contributed by atoms with E-state index in [0.29, 0.717) is 5.56 Å². The lowest BCUT2D eigenvalue weighted by Crippen LogP contribution is -2.17. The van der Waals surface area contributed by atoms with Crippen molar-refractivity contribution in [2.75, 3.05) is 6.61 Å². The molecule has 0 N–H and O–H groups in total. The van der Waals surface area contributed by atoms with Gasteiger partial charge in [-0.1, -0.05) is 19.1 Å². The number of hydrogen-bond acceptors (Lipinski definition) is 3. The Morgan fingerprint density at radius 1 is 1.25 bits per heavy atom. The van der Waals surface area contributed by atoms with Crippen LogP contribution in [-0.4, -0.2) is 18.4 Å². The summed E-state index contributed by atoms with van der Waals surface area (Å²) in [7, 11) is 0. The molecule has 0 atom stereocenters. The molecule has 0 aliphatic rings. The van der Waals surface area contributed by atoms with Gasteiger partial charge in [0.1, 0.15) is 0 Å². The van der Waals surface area contributed by atoms with E-state index in [9.17, 15) is 9.59 Å². The molecule has 0 heterocycles. The Bertz CT molecular complexity index is 408. The summed E-state index contributed by atoms with van der Waals surface area (Å²) >= 11 is 0. The molecule has 0 amide bonds. The Hall–Kier alpha value is -1.64. The summed E-state index contributed by atoms with van der Waals surface area (Å²) in [4.78, 5) is 22.9. The normalized spacial score (nSPS) is 9.94. The maximum absolute atomic E-state index is 11.6. The molecule has 0 saturated carbocycles. The third kappa shape index (κ3) is 2.69. The van der Waals surface area contributed by atoms with Gasteiger partial charge in [0.05, 0.1) is 6.61 Å². The largest absolute Gasteiger partial charge is 0.460 e. The number of benzene rings is 1. The predicted molar refractivity (Wildman–Crippen MR) is 61.5 cm³/mol. The van der Waals surface area contributed by atoms with E-state index in [1.54, 1.807) is 19.1 Å². The molecule has 1 rings (SSSR count). The van der Waals surface area contributed by atoms with Crippen LogP contribution in [-0.2, 0) is 16.0 Å². The first-order chi connectivity index (χ1) is 7.60. The van der Waals surface area contributed by atoms with Crippen molar-refractivity contribution < 1.29 is 14.3 Å². The van der Waals surface area contributed by atoms with E-state index in [1.807, 2.05) is 19.9 Å². The fourth-order valence-corrected chi connectivity index (χ4v) is 1.51. The van der Waals surface area contributed by atoms with Crippen molar-refractivity contribution in [2.24, 2.45) is 0 Å². The maximum atomic E-state index is 11.6. The monoisotopic (exact) mass is 220 g/mol. The highest BCUT2D eigenvalue weighted by molar-refractivity contribution is 6.40. The van der Waals surface area contributed by atoms with Gasteiger partial charge < -0.3 is 4.74 Å². The molecular formula is C13H16O3. The number of Topliss-reactive ketones (excluding diaryl/α,β-unsaturated/α-hetero) is 1. The zero-order valence-electron chi connectivity index (χ0n) is 9.87. The second kappa shape index (κ2) is 5.45. The zero-order valence-corrected chi connectivity index (χ0v) is 9.87. The fraction of sp³-hybridized carbons (Fsp3) is 0.385. The number of aryl methyl sites for hydroxylation is 2. The third-order valence-electron chi connectivity index (χ3n) is 2.45. The van der Waals surface area contributed by atoms with Crippen molar-refractivity contribution in [1.29, 1.82) is 0 Å². The van der Waals surface area contributed by atoms with Gasteiger partial charge in [0.15, 0.2) is 0 Å². The maximum Gasteiger partial charge on any atom is 0.379 e. The van der Waals surface area contributed by atoms with E-state index in [-0.39, 0.29) is 6.61 Å². The zero-order chi connectivity index (χ0) is 12.1. The molecule has 0 aliphatic heterocycles. The second-order valence-corrected chi connectivity index (χ2v) is 3.54. The number of ether oxygens (including phenoxy) is 1. The Kier molecular flexibility index (Phi) is 4.23. The molecule has 0 aliphatic carbocycles. The van der Waals surface area contributed by atoms with Crippen LogP contribution < -0.4 is 0 Å². The van der Waals surface area contributed by atoms with Gasteiger partial charge in [-0.05, 0) is 37.5 Å². The molecule has 0 radical (unpaired) electrons. The number of ketones is 1. The molecule has 3 nitrogen and oxygen atoms in total. The molecule has 16 heavy (non-hydrogen) atoms. The van der Waals surface area contributed by atoms with E-state index in [1.165, 1.54) is 0 Å². The summed E-state index contributed by atoms with van der Waals surface area (Å²) in [6, 6.07) is 5.27. The van der Waals surface area contributed by atoms with Crippen molar-refractivity contribution in [3.8, 4) is 0 Å². The van der Waals surface area contributed by atoms with Crippen LogP contribution in [0.15, 0.2) is 18.2 Å². The lowest BCUT2D eigenvalue weighted by atomic mass is 10.0. The molecule has 0 fully saturated rings. The Morgan fingerprint density at radius 2 is 1.94 bits per heavy atom. The SMILES string of the molecule is CCOC(=O)C(=O)c1ccc(C)c(CC)c1. The quantitative estimate of drug-likeness (QED) is 0.444. The highest BCUT2D eigenvalue weighted by Gasteiger charge is 2.17. The summed E-state index contributed by atoms with van der Waals surface area (Å²) in [6.07, 6.45) is 0.843. The molecule has 0 bridgehead atoms. The topological polar surface area (TPSA) is 43.4 Å². The second-order valence-electron chi connectivity index (χ2n) is 3.54. The number of hydrogen-bond donors (Lipinski definition) is 0. The van der Waals surface area contributed by atoms with Gasteiger partial charge in [0.2, 0.25) is 0 Å². The van der Waals surface area contributed by atoms with Crippen LogP contribution in [0.2, 0.25) is 0 Å². The Balaban J connectivity index is 2.96. The number of esters is 1. The van der Waals surface area contributed by atoms with Crippen molar-refractivity contribution in [2.45, 2.75) is 27.2 Å². The summed E-state index contributed by atoms with van der Waals surface area (Å²) in [5.74, 6) is -1.36. The minimum Gasteiger partial charge on any atom is -0.460 e. The molecule has 3 heteroatoms. The minimum atomic E-state index is -0.784. The minimum absolute atomic E-state index is 0.219. The number of carbonyl (C=O) groups is 2. The average molecular weight is 220 g/mol. The van der Waals surface area contributed by atoms with Gasteiger partial charge >= 0.3 is 5.97 Å². The van der Waals surface area contributed by atoms with Crippen LogP contribution in [0.3, 0.4) is 0 Å². The highest BCUT2D eigenvalue weighted by Crippen LogP contribution is 2.12. The van der Waals surface area contributed by atoms with Gasteiger partial charge in [0.25, 0.3) is 5.78 Å². The van der Waals surface area contributed by atoms with E-state index in [4.69, 9.17) is 0 Å². The summed E-state index contributed by atoms with van der Waals surface area (Å²) in [5, 5.41) is 0. The van der Waals surface area contributed by atoms with E-state index < -0.39 is 11.8 Å². The molecule has 0 spiro atoms. The molecule has 0 saturated heterocycles. The molecular weight excluding hydrogens is 204 g/mol. The first-order valence-corrected chi connectivity index (χ1v) is 5.41. The van der Waals surface area contributed by atoms with Gasteiger partial charge in [-0.3, -0.25) is 4.79 Å². The van der Waals surface area contributed by atoms with Crippen molar-refractivity contribution >= 4 is 11.8 Å². The summed E-state index contributed by atoms with van der Waals surface area (Å²) in [6.45, 7) is 5.90. The van der Waals surface area contributed by atoms with E-state index in [2.05, 4.69) is 4.74 Å². The van der Waals surface area contributed by atoms with Crippen LogP contribution in [0.5, 0.6) is 0 Å². The standard InChI is InChI=1S/C13H16O3/c1-4-10-8-11(7-6-9(10)3)12(14)13(15)16-5-2/h6-8H,4-5H2,1-3H3. The third-order valence-corrected chi connectivity index (χ3v) is 2.45. The van der Waals surface area contributed by atoms with Crippen LogP contribution in [0.25, 0.3) is 0 Å². The molecule has 0 aromatic heterocycles. The van der Waals surface area contributed by atoms with E-state index >= 15 is 0 Å². The summed E-state index contributed by atoms with van der Waals surface area (Å²) in [5.41, 5.74) is 2.61. The number of rotatable bonds is 4. The lowest BCUT2D eigenvalue weighted by Gasteiger charge is -2.05. The van der Waals surface area contributed by atoms with Crippen LogP contribution >= 0.6 is 0 Å². The van der Waals surface area contributed by atoms with Crippen LogP contribution in [0.1, 0.15) is 35.3 Å². The molecule has 0 unspecified atom stereocenters. The van der Waals surface area contributed by atoms with Crippen molar-refractivity contribution in [3.63, 3.8) is 0 Å². The lowest BCUT2D eigenvalue weighted by molar-refractivity contribution is -0.137. The van der Waals surface area contributed by atoms with Gasteiger partial charge in [-0.25, -0.2) is 4.79 Å². The average Bonchev–Trinajstić information content (AvgIpc) is 2.29.